The van der Waals surface area contributed by atoms with Gasteiger partial charge in [0.05, 0.1) is 50.5 Å². The van der Waals surface area contributed by atoms with Crippen LogP contribution in [0.4, 0.5) is 0 Å². The molecular formula is C4H8CuN4S4+6. The first-order chi connectivity index (χ1) is 5.66. The fourth-order valence-corrected chi connectivity index (χ4v) is 0. The van der Waals surface area contributed by atoms with E-state index in [1.807, 2.05) is 0 Å². The summed E-state index contributed by atoms with van der Waals surface area (Å²) in [6, 6.07) is 0. The van der Waals surface area contributed by atoms with E-state index in [9.17, 15) is 0 Å². The Labute approximate surface area is 110 Å². The smallest absolute Gasteiger partial charge is 0.136 e. The van der Waals surface area contributed by atoms with Gasteiger partial charge >= 0.3 is 38.7 Å². The average Bonchev–Trinajstić information content (AvgIpc) is 1.92. The molecule has 0 aromatic rings. The van der Waals surface area contributed by atoms with Crippen LogP contribution in [0.3, 0.4) is 0 Å². The third-order valence-electron chi connectivity index (χ3n) is 0. The molecular weight excluding hydrogens is 296 g/mol. The monoisotopic (exact) mass is 303 g/mol. The summed E-state index contributed by atoms with van der Waals surface area (Å²) in [7, 11) is 0. The van der Waals surface area contributed by atoms with E-state index in [1.165, 1.54) is 0 Å². The van der Waals surface area contributed by atoms with Gasteiger partial charge in [0.15, 0.2) is 0 Å². The predicted octanol–water partition coefficient (Wildman–Crippen LogP) is -2.09. The van der Waals surface area contributed by atoms with Gasteiger partial charge in [-0.3, -0.25) is 0 Å². The van der Waals surface area contributed by atoms with Crippen molar-refractivity contribution in [2.45, 2.75) is 0 Å². The molecule has 0 aromatic carbocycles. The van der Waals surface area contributed by atoms with E-state index in [4.69, 9.17) is 21.0 Å². The van der Waals surface area contributed by atoms with Crippen molar-refractivity contribution in [1.82, 2.24) is 0 Å². The maximum absolute atomic E-state index is 7.23. The molecule has 0 atom stereocenters. The van der Waals surface area contributed by atoms with E-state index in [-0.39, 0.29) is 17.1 Å². The zero-order valence-corrected chi connectivity index (χ0v) is 11.0. The van der Waals surface area contributed by atoms with E-state index in [1.54, 1.807) is 21.6 Å². The number of nitriles is 4. The van der Waals surface area contributed by atoms with Crippen molar-refractivity contribution < 1.29 is 17.1 Å². The summed E-state index contributed by atoms with van der Waals surface area (Å²) in [4.78, 5) is 0. The molecule has 0 amide bonds. The van der Waals surface area contributed by atoms with Gasteiger partial charge in [-0.25, -0.2) is 0 Å². The van der Waals surface area contributed by atoms with E-state index in [2.05, 4.69) is 50.5 Å². The van der Waals surface area contributed by atoms with Crippen molar-refractivity contribution in [3.63, 3.8) is 0 Å². The molecule has 0 rings (SSSR count). The van der Waals surface area contributed by atoms with E-state index in [0.29, 0.717) is 0 Å². The number of nitrogens with zero attached hydrogens (tertiary/aromatic N) is 4. The molecule has 0 N–H and O–H groups in total. The normalized spacial score (nSPS) is 2.46. The molecule has 0 fully saturated rings. The van der Waals surface area contributed by atoms with Gasteiger partial charge in [0, 0.05) is 0 Å². The van der Waals surface area contributed by atoms with Crippen LogP contribution in [-0.2, 0) is 67.6 Å². The molecule has 73 valence electrons. The zero-order valence-electron chi connectivity index (χ0n) is 6.09. The summed E-state index contributed by atoms with van der Waals surface area (Å²) in [5, 5.41) is 35.2. The fraction of sp³-hybridized carbons (Fsp3) is 0. The molecule has 0 aliphatic carbocycles. The number of hydrogen-bond donors (Lipinski definition) is 0. The molecule has 0 aliphatic rings. The third-order valence-corrected chi connectivity index (χ3v) is 0. The van der Waals surface area contributed by atoms with Gasteiger partial charge in [0.2, 0.25) is 0 Å². The van der Waals surface area contributed by atoms with Crippen LogP contribution in [0.15, 0.2) is 0 Å². The quantitative estimate of drug-likeness (QED) is 0.291. The molecule has 0 unspecified atom stereocenters. The third kappa shape index (κ3) is 79800. The summed E-state index contributed by atoms with van der Waals surface area (Å²) in [6.07, 6.45) is 0. The summed E-state index contributed by atoms with van der Waals surface area (Å²) in [5.41, 5.74) is 0. The Kier molecular flexibility index (Phi) is 210. The molecule has 4 nitrogen and oxygen atoms in total. The Morgan fingerprint density at radius 3 is 0.538 bits per heavy atom. The second-order valence-electron chi connectivity index (χ2n) is 0.447. The van der Waals surface area contributed by atoms with Gasteiger partial charge in [-0.15, -0.1) is 21.0 Å². The molecule has 0 aromatic heterocycles. The Hall–Kier alpha value is -0.121. The number of hydrogen-bond acceptors (Lipinski definition) is 4. The van der Waals surface area contributed by atoms with Gasteiger partial charge in [-0.05, 0) is 0 Å². The Balaban J connectivity index is -0.0000000213. The van der Waals surface area contributed by atoms with Crippen molar-refractivity contribution in [2.24, 2.45) is 0 Å². The van der Waals surface area contributed by atoms with Crippen molar-refractivity contribution in [2.75, 3.05) is 0 Å². The van der Waals surface area contributed by atoms with Crippen LogP contribution >= 0.6 is 0 Å². The fourth-order valence-electron chi connectivity index (χ4n) is 0. The van der Waals surface area contributed by atoms with E-state index < -0.39 is 0 Å². The topological polar surface area (TPSA) is 95.2 Å². The van der Waals surface area contributed by atoms with Crippen molar-refractivity contribution in [1.29, 1.82) is 21.0 Å². The van der Waals surface area contributed by atoms with Crippen LogP contribution in [0.25, 0.3) is 0 Å². The van der Waals surface area contributed by atoms with Crippen molar-refractivity contribution in [3.05, 3.63) is 0 Å². The van der Waals surface area contributed by atoms with Gasteiger partial charge in [-0.1, -0.05) is 0 Å². The van der Waals surface area contributed by atoms with Crippen LogP contribution in [0.5, 0.6) is 0 Å². The molecule has 1 radical (unpaired) electrons. The minimum atomic E-state index is 0. The largest absolute Gasteiger partial charge is 2.00 e. The van der Waals surface area contributed by atoms with Crippen LogP contribution in [0.2, 0.25) is 0 Å². The van der Waals surface area contributed by atoms with Crippen molar-refractivity contribution in [3.8, 4) is 21.6 Å². The van der Waals surface area contributed by atoms with Crippen LogP contribution in [0.1, 0.15) is 0 Å². The summed E-state index contributed by atoms with van der Waals surface area (Å²) >= 11 is 9.96. The van der Waals surface area contributed by atoms with Gasteiger partial charge < -0.3 is 0 Å². The molecule has 9 heteroatoms. The Morgan fingerprint density at radius 2 is 0.538 bits per heavy atom. The van der Waals surface area contributed by atoms with Gasteiger partial charge in [0.1, 0.15) is 0 Å². The molecule has 13 heavy (non-hydrogen) atoms. The summed E-state index contributed by atoms with van der Waals surface area (Å²) in [5.74, 6) is 0. The first-order valence-corrected chi connectivity index (χ1v) is 3.89. The van der Waals surface area contributed by atoms with E-state index in [0.717, 1.165) is 0 Å². The molecule has 0 saturated carbocycles. The predicted molar refractivity (Wildman–Crippen MR) is 63.1 cm³/mol. The molecule has 0 saturated heterocycles. The minimum absolute atomic E-state index is 0. The second-order valence-corrected chi connectivity index (χ2v) is 1.34. The number of rotatable bonds is 0. The Morgan fingerprint density at radius 1 is 0.538 bits per heavy atom. The van der Waals surface area contributed by atoms with Crippen LogP contribution in [0, 0.1) is 42.7 Å². The first kappa shape index (κ1) is 29.3. The van der Waals surface area contributed by atoms with E-state index >= 15 is 0 Å². The molecule has 0 bridgehead atoms. The van der Waals surface area contributed by atoms with Crippen LogP contribution in [-0.4, -0.2) is 0 Å². The maximum atomic E-state index is 7.23. The molecule has 0 heterocycles. The molecule has 0 aliphatic heterocycles. The summed E-state index contributed by atoms with van der Waals surface area (Å²) in [6.45, 7) is 0. The SMILES string of the molecule is N#C[SH2+].N#C[SH2+].N#C[SH2+].N#C[SH2+].[Cu+2]. The minimum Gasteiger partial charge on any atom is -0.136 e. The average molecular weight is 304 g/mol. The van der Waals surface area contributed by atoms with Gasteiger partial charge in [-0.2, -0.15) is 0 Å². The molecule has 0 spiro atoms. The second kappa shape index (κ2) is 93.4. The first-order valence-electron chi connectivity index (χ1n) is 1.89. The maximum Gasteiger partial charge on any atom is 2.00 e. The number of thiocyanates is 4. The standard InChI is InChI=1S/4CHNS.Cu/c4*2-1-3;/h4*3H;/q;;;;+2/p+4. The van der Waals surface area contributed by atoms with Crippen LogP contribution < -0.4 is 0 Å². The summed E-state index contributed by atoms with van der Waals surface area (Å²) < 4.78 is 0. The van der Waals surface area contributed by atoms with Crippen molar-refractivity contribution >= 4 is 50.5 Å². The zero-order chi connectivity index (χ0) is 10.8. The Bertz CT molecular complexity index is 158. The van der Waals surface area contributed by atoms with Gasteiger partial charge in [0.25, 0.3) is 0 Å².